The number of hydrogen-bond acceptors (Lipinski definition) is 7. The van der Waals surface area contributed by atoms with Crippen molar-refractivity contribution in [2.75, 3.05) is 19.1 Å². The third kappa shape index (κ3) is 3.62. The topological polar surface area (TPSA) is 136 Å². The van der Waals surface area contributed by atoms with Gasteiger partial charge >= 0.3 is 0 Å². The molecule has 0 spiro atoms. The van der Waals surface area contributed by atoms with Crippen molar-refractivity contribution in [2.45, 2.75) is 17.9 Å². The number of rotatable bonds is 6. The van der Waals surface area contributed by atoms with Gasteiger partial charge in [0.25, 0.3) is 5.91 Å². The van der Waals surface area contributed by atoms with Gasteiger partial charge in [-0.15, -0.1) is 0 Å². The standard InChI is InChI=1S/C20H20N2O7S/c1-11(23)17-18(15-9-6-13(28-2)10-16(15)29-3)22(20(25)19(17)24)12-4-7-14(8-5-12)30(21,26)27/h4-10,18,24H,1-3H3,(H2,21,26,27)/t18-/m0/s1. The highest BCUT2D eigenvalue weighted by Gasteiger charge is 2.44. The maximum Gasteiger partial charge on any atom is 0.294 e. The van der Waals surface area contributed by atoms with Gasteiger partial charge in [0, 0.05) is 17.3 Å². The molecule has 0 fully saturated rings. The van der Waals surface area contributed by atoms with Crippen LogP contribution in [0.5, 0.6) is 11.5 Å². The number of carbonyl (C=O) groups excluding carboxylic acids is 2. The molecule has 2 aromatic rings. The SMILES string of the molecule is COc1ccc([C@H]2C(C(C)=O)=C(O)C(=O)N2c2ccc(S(N)(=O)=O)cc2)c(OC)c1. The Bertz CT molecular complexity index is 1150. The van der Waals surface area contributed by atoms with Gasteiger partial charge in [-0.1, -0.05) is 0 Å². The number of ketones is 1. The minimum atomic E-state index is -3.93. The number of amides is 1. The van der Waals surface area contributed by atoms with Crippen LogP contribution in [0.4, 0.5) is 5.69 Å². The fraction of sp³-hybridized carbons (Fsp3) is 0.200. The first-order valence-corrected chi connectivity index (χ1v) is 10.3. The number of methoxy groups -OCH3 is 2. The Kier molecular flexibility index (Phi) is 5.55. The third-order valence-electron chi connectivity index (χ3n) is 4.77. The zero-order valence-electron chi connectivity index (χ0n) is 16.4. The van der Waals surface area contributed by atoms with Crippen LogP contribution in [-0.2, 0) is 19.6 Å². The number of aliphatic hydroxyl groups excluding tert-OH is 1. The predicted molar refractivity (Wildman–Crippen MR) is 108 cm³/mol. The largest absolute Gasteiger partial charge is 0.503 e. The van der Waals surface area contributed by atoms with Gasteiger partial charge in [0.1, 0.15) is 11.5 Å². The molecule has 2 aromatic carbocycles. The Labute approximate surface area is 173 Å². The van der Waals surface area contributed by atoms with Gasteiger partial charge in [0.15, 0.2) is 11.5 Å². The first kappa shape index (κ1) is 21.3. The molecule has 1 aliphatic heterocycles. The lowest BCUT2D eigenvalue weighted by molar-refractivity contribution is -0.117. The zero-order chi connectivity index (χ0) is 22.2. The van der Waals surface area contributed by atoms with Crippen molar-refractivity contribution in [3.05, 3.63) is 59.4 Å². The van der Waals surface area contributed by atoms with Crippen LogP contribution in [0.15, 0.2) is 58.7 Å². The molecule has 10 heteroatoms. The van der Waals surface area contributed by atoms with Crippen molar-refractivity contribution in [3.8, 4) is 11.5 Å². The lowest BCUT2D eigenvalue weighted by Gasteiger charge is -2.28. The number of Topliss-reactive ketones (excluding diaryl/α,β-unsaturated/α-hetero) is 1. The Hall–Kier alpha value is -3.37. The van der Waals surface area contributed by atoms with Crippen molar-refractivity contribution in [1.29, 1.82) is 0 Å². The number of carbonyl (C=O) groups is 2. The average molecular weight is 432 g/mol. The second kappa shape index (κ2) is 7.81. The first-order chi connectivity index (χ1) is 14.1. The minimum absolute atomic E-state index is 0.0982. The summed E-state index contributed by atoms with van der Waals surface area (Å²) in [5, 5.41) is 15.6. The molecular weight excluding hydrogens is 412 g/mol. The predicted octanol–water partition coefficient (Wildman–Crippen LogP) is 1.84. The number of sulfonamides is 1. The minimum Gasteiger partial charge on any atom is -0.503 e. The molecule has 0 unspecified atom stereocenters. The highest BCUT2D eigenvalue weighted by molar-refractivity contribution is 7.89. The summed E-state index contributed by atoms with van der Waals surface area (Å²) < 4.78 is 33.7. The number of ether oxygens (including phenoxy) is 2. The molecule has 0 aliphatic carbocycles. The molecule has 0 saturated heterocycles. The number of hydrogen-bond donors (Lipinski definition) is 2. The molecule has 3 rings (SSSR count). The number of nitrogens with two attached hydrogens (primary N) is 1. The van der Waals surface area contributed by atoms with Crippen LogP contribution >= 0.6 is 0 Å². The summed E-state index contributed by atoms with van der Waals surface area (Å²) >= 11 is 0. The molecule has 158 valence electrons. The van der Waals surface area contributed by atoms with Crippen LogP contribution in [0.2, 0.25) is 0 Å². The highest BCUT2D eigenvalue weighted by atomic mass is 32.2. The van der Waals surface area contributed by atoms with Gasteiger partial charge < -0.3 is 14.6 Å². The summed E-state index contributed by atoms with van der Waals surface area (Å²) in [5.41, 5.74) is 0.605. The van der Waals surface area contributed by atoms with Crippen molar-refractivity contribution < 1.29 is 32.6 Å². The molecule has 9 nitrogen and oxygen atoms in total. The molecule has 1 aliphatic rings. The monoisotopic (exact) mass is 432 g/mol. The molecule has 0 aromatic heterocycles. The van der Waals surface area contributed by atoms with E-state index in [-0.39, 0.29) is 16.2 Å². The van der Waals surface area contributed by atoms with Crippen LogP contribution < -0.4 is 19.5 Å². The molecule has 0 saturated carbocycles. The van der Waals surface area contributed by atoms with Gasteiger partial charge in [-0.05, 0) is 43.3 Å². The lowest BCUT2D eigenvalue weighted by Crippen LogP contribution is -2.31. The van der Waals surface area contributed by atoms with E-state index in [0.29, 0.717) is 17.1 Å². The second-order valence-electron chi connectivity index (χ2n) is 6.54. The van der Waals surface area contributed by atoms with Crippen molar-refractivity contribution in [1.82, 2.24) is 0 Å². The van der Waals surface area contributed by atoms with Gasteiger partial charge in [-0.3, -0.25) is 14.5 Å². The van der Waals surface area contributed by atoms with Crippen molar-refractivity contribution in [3.63, 3.8) is 0 Å². The van der Waals surface area contributed by atoms with Gasteiger partial charge in [0.05, 0.1) is 30.7 Å². The van der Waals surface area contributed by atoms with E-state index in [1.807, 2.05) is 0 Å². The fourth-order valence-electron chi connectivity index (χ4n) is 3.37. The molecule has 3 N–H and O–H groups in total. The first-order valence-electron chi connectivity index (χ1n) is 8.72. The van der Waals surface area contributed by atoms with Gasteiger partial charge in [0.2, 0.25) is 10.0 Å². The van der Waals surface area contributed by atoms with Crippen LogP contribution in [0, 0.1) is 0 Å². The summed E-state index contributed by atoms with van der Waals surface area (Å²) in [6, 6.07) is 9.09. The molecule has 30 heavy (non-hydrogen) atoms. The molecule has 0 bridgehead atoms. The Morgan fingerprint density at radius 1 is 1.10 bits per heavy atom. The fourth-order valence-corrected chi connectivity index (χ4v) is 3.88. The van der Waals surface area contributed by atoms with E-state index in [0.717, 1.165) is 0 Å². The Balaban J connectivity index is 2.20. The van der Waals surface area contributed by atoms with Crippen molar-refractivity contribution >= 4 is 27.4 Å². The number of nitrogens with zero attached hydrogens (tertiary/aromatic N) is 1. The summed E-state index contributed by atoms with van der Waals surface area (Å²) in [6.45, 7) is 1.25. The Morgan fingerprint density at radius 2 is 1.73 bits per heavy atom. The zero-order valence-corrected chi connectivity index (χ0v) is 17.3. The maximum atomic E-state index is 12.9. The second-order valence-corrected chi connectivity index (χ2v) is 8.10. The molecule has 1 atom stereocenters. The Morgan fingerprint density at radius 3 is 2.23 bits per heavy atom. The van der Waals surface area contributed by atoms with Crippen LogP contribution in [0.3, 0.4) is 0 Å². The van der Waals surface area contributed by atoms with E-state index in [1.54, 1.807) is 18.2 Å². The smallest absolute Gasteiger partial charge is 0.294 e. The van der Waals surface area contributed by atoms with E-state index < -0.39 is 33.5 Å². The molecular formula is C20H20N2O7S. The van der Waals surface area contributed by atoms with E-state index in [9.17, 15) is 23.1 Å². The lowest BCUT2D eigenvalue weighted by atomic mass is 9.95. The summed E-state index contributed by atoms with van der Waals surface area (Å²) in [5.74, 6) is -1.13. The van der Waals surface area contributed by atoms with Crippen LogP contribution in [0.1, 0.15) is 18.5 Å². The molecule has 0 radical (unpaired) electrons. The summed E-state index contributed by atoms with van der Waals surface area (Å²) in [4.78, 5) is 26.2. The quantitative estimate of drug-likeness (QED) is 0.711. The maximum absolute atomic E-state index is 12.9. The van der Waals surface area contributed by atoms with Gasteiger partial charge in [-0.2, -0.15) is 0 Å². The van der Waals surface area contributed by atoms with Gasteiger partial charge in [-0.25, -0.2) is 13.6 Å². The number of benzene rings is 2. The van der Waals surface area contributed by atoms with Crippen LogP contribution in [0.25, 0.3) is 0 Å². The number of primary sulfonamides is 1. The number of anilines is 1. The van der Waals surface area contributed by atoms with E-state index in [1.165, 1.54) is 50.3 Å². The normalized spacial score (nSPS) is 16.7. The number of aliphatic hydroxyl groups is 1. The van der Waals surface area contributed by atoms with Crippen molar-refractivity contribution in [2.24, 2.45) is 5.14 Å². The van der Waals surface area contributed by atoms with E-state index >= 15 is 0 Å². The molecule has 1 heterocycles. The third-order valence-corrected chi connectivity index (χ3v) is 5.70. The van der Waals surface area contributed by atoms with E-state index in [2.05, 4.69) is 0 Å². The summed E-state index contributed by atoms with van der Waals surface area (Å²) in [7, 11) is -1.01. The average Bonchev–Trinajstić information content (AvgIpc) is 2.97. The summed E-state index contributed by atoms with van der Waals surface area (Å²) in [6.07, 6.45) is 0. The van der Waals surface area contributed by atoms with E-state index in [4.69, 9.17) is 14.6 Å². The highest BCUT2D eigenvalue weighted by Crippen LogP contribution is 2.44. The van der Waals surface area contributed by atoms with Crippen LogP contribution in [-0.4, -0.2) is 39.4 Å². The molecule has 1 amide bonds.